The van der Waals surface area contributed by atoms with Crippen molar-refractivity contribution >= 4 is 51.5 Å². The molecule has 320 valence electrons. The zero-order valence-electron chi connectivity index (χ0n) is 36.0. The first-order valence-electron chi connectivity index (χ1n) is 20.9. The van der Waals surface area contributed by atoms with Crippen molar-refractivity contribution < 1.29 is 23.9 Å². The van der Waals surface area contributed by atoms with Crippen molar-refractivity contribution in [1.29, 1.82) is 0 Å². The molecule has 0 heterocycles. The van der Waals surface area contributed by atoms with Gasteiger partial charge in [-0.3, -0.25) is 14.9 Å². The van der Waals surface area contributed by atoms with Crippen molar-refractivity contribution in [2.75, 3.05) is 38.8 Å². The minimum Gasteiger partial charge on any atom is -0.494 e. The molecule has 0 aliphatic carbocycles. The smallest absolute Gasteiger partial charge is 0.311 e. The van der Waals surface area contributed by atoms with Gasteiger partial charge in [0, 0.05) is 36.5 Å². The molecule has 0 saturated carbocycles. The van der Waals surface area contributed by atoms with Gasteiger partial charge in [0.25, 0.3) is 5.69 Å². The Labute approximate surface area is 354 Å². The maximum absolute atomic E-state index is 12.7. The van der Waals surface area contributed by atoms with E-state index in [9.17, 15) is 14.9 Å². The van der Waals surface area contributed by atoms with Gasteiger partial charge in [0.15, 0.2) is 0 Å². The average molecular weight is 821 g/mol. The number of non-ortho nitro benzene ring substituents is 1. The summed E-state index contributed by atoms with van der Waals surface area (Å²) in [7, 11) is 3.09. The summed E-state index contributed by atoms with van der Waals surface area (Å²) in [4.78, 5) is 25.3. The summed E-state index contributed by atoms with van der Waals surface area (Å²) in [6.45, 7) is 9.90. The Morgan fingerprint density at radius 2 is 1.03 bits per heavy atom. The summed E-state index contributed by atoms with van der Waals surface area (Å²) in [6.07, 6.45) is 13.4. The number of carbonyl (C=O) groups is 1. The molecule has 0 spiro atoms. The highest BCUT2D eigenvalue weighted by molar-refractivity contribution is 5.75. The number of nitro groups is 1. The van der Waals surface area contributed by atoms with E-state index in [1.807, 2.05) is 45.0 Å². The lowest BCUT2D eigenvalue weighted by Gasteiger charge is -2.26. The van der Waals surface area contributed by atoms with Gasteiger partial charge in [-0.1, -0.05) is 71.6 Å². The molecule has 0 radical (unpaired) electrons. The van der Waals surface area contributed by atoms with Gasteiger partial charge in [-0.15, -0.1) is 10.2 Å². The Hall–Kier alpha value is -6.05. The molecule has 14 nitrogen and oxygen atoms in total. The van der Waals surface area contributed by atoms with Crippen LogP contribution in [0.5, 0.6) is 11.5 Å². The van der Waals surface area contributed by atoms with E-state index in [1.165, 1.54) is 89.2 Å². The van der Waals surface area contributed by atoms with Crippen LogP contribution in [0.2, 0.25) is 0 Å². The molecule has 0 aromatic heterocycles. The predicted molar refractivity (Wildman–Crippen MR) is 237 cm³/mol. The molecule has 60 heavy (non-hydrogen) atoms. The van der Waals surface area contributed by atoms with Crippen LogP contribution in [0.15, 0.2) is 116 Å². The monoisotopic (exact) mass is 820 g/mol. The third kappa shape index (κ3) is 15.3. The van der Waals surface area contributed by atoms with E-state index in [1.54, 1.807) is 43.5 Å². The molecule has 0 aliphatic rings. The second kappa shape index (κ2) is 24.8. The van der Waals surface area contributed by atoms with Crippen LogP contribution in [-0.2, 0) is 9.53 Å². The van der Waals surface area contributed by atoms with Crippen LogP contribution in [-0.4, -0.2) is 44.8 Å². The Morgan fingerprint density at radius 3 is 1.47 bits per heavy atom. The fraction of sp³-hybridized carbons (Fsp3) is 0.457. The van der Waals surface area contributed by atoms with Crippen molar-refractivity contribution in [1.82, 2.24) is 0 Å². The van der Waals surface area contributed by atoms with Gasteiger partial charge in [-0.2, -0.15) is 20.5 Å². The number of carbonyl (C=O) groups excluding carboxylic acids is 1. The number of azo groups is 3. The van der Waals surface area contributed by atoms with Gasteiger partial charge >= 0.3 is 5.97 Å². The van der Waals surface area contributed by atoms with Gasteiger partial charge in [0.05, 0.1) is 53.9 Å². The second-order valence-electron chi connectivity index (χ2n) is 15.1. The maximum Gasteiger partial charge on any atom is 0.311 e. The van der Waals surface area contributed by atoms with Crippen LogP contribution in [0.4, 0.5) is 45.5 Å². The fourth-order valence-corrected chi connectivity index (χ4v) is 6.07. The molecule has 4 aromatic rings. The zero-order valence-corrected chi connectivity index (χ0v) is 36.0. The number of ether oxygens (including phenoxy) is 3. The van der Waals surface area contributed by atoms with E-state index < -0.39 is 10.3 Å². The van der Waals surface area contributed by atoms with Crippen molar-refractivity contribution in [3.8, 4) is 11.5 Å². The zero-order chi connectivity index (χ0) is 43.2. The minimum absolute atomic E-state index is 0.0128. The SMILES string of the molecule is CCCCCCCCCCCCN(CCOC(=O)C(C)(C)CC)c1ccc(N=Nc2cc(OC)c(N=Nc3ccc(N=Nc4ccc([N+](=O)[O-])cc4)cc3)cc2OC)cc1. The molecular weight excluding hydrogens is 761 g/mol. The molecule has 0 N–H and O–H groups in total. The Morgan fingerprint density at radius 1 is 0.617 bits per heavy atom. The number of unbranched alkanes of at least 4 members (excludes halogenated alkanes) is 9. The van der Waals surface area contributed by atoms with E-state index in [0.717, 1.165) is 25.1 Å². The van der Waals surface area contributed by atoms with E-state index in [4.69, 9.17) is 14.2 Å². The van der Waals surface area contributed by atoms with Crippen molar-refractivity contribution in [3.05, 3.63) is 95.0 Å². The molecule has 0 unspecified atom stereocenters. The molecule has 0 bridgehead atoms. The van der Waals surface area contributed by atoms with Crippen molar-refractivity contribution in [2.24, 2.45) is 36.1 Å². The molecule has 4 rings (SSSR count). The Balaban J connectivity index is 1.38. The summed E-state index contributed by atoms with van der Waals surface area (Å²) >= 11 is 0. The average Bonchev–Trinajstić information content (AvgIpc) is 3.27. The molecule has 0 aliphatic heterocycles. The lowest BCUT2D eigenvalue weighted by molar-refractivity contribution is -0.384. The van der Waals surface area contributed by atoms with Crippen LogP contribution in [0.3, 0.4) is 0 Å². The Kier molecular flexibility index (Phi) is 19.3. The number of nitro benzene ring substituents is 1. The van der Waals surface area contributed by atoms with Gasteiger partial charge < -0.3 is 19.1 Å². The first kappa shape index (κ1) is 46.6. The van der Waals surface area contributed by atoms with Gasteiger partial charge in [0.1, 0.15) is 29.5 Å². The fourth-order valence-electron chi connectivity index (χ4n) is 6.07. The minimum atomic E-state index is -0.504. The van der Waals surface area contributed by atoms with E-state index in [0.29, 0.717) is 58.8 Å². The van der Waals surface area contributed by atoms with E-state index in [-0.39, 0.29) is 11.7 Å². The topological polar surface area (TPSA) is 165 Å². The lowest BCUT2D eigenvalue weighted by Crippen LogP contribution is -2.32. The van der Waals surface area contributed by atoms with Gasteiger partial charge in [-0.05, 0) is 87.4 Å². The number of methoxy groups -OCH3 is 2. The molecule has 0 amide bonds. The standard InChI is InChI=1S/C46H60N8O6/c1-7-9-10-11-12-13-14-15-16-17-30-53(31-32-60-45(55)46(3,4)8-2)39-26-22-38(23-27-39)50-52-42-34-43(58-5)41(33-44(42)59-6)51-49-36-20-18-35(19-21-36)47-48-37-24-28-40(29-25-37)54(56)57/h18-29,33-34H,7-17,30-32H2,1-6H3. The molecule has 4 aromatic carbocycles. The summed E-state index contributed by atoms with van der Waals surface area (Å²) < 4.78 is 17.0. The van der Waals surface area contributed by atoms with Crippen LogP contribution in [0, 0.1) is 15.5 Å². The van der Waals surface area contributed by atoms with Crippen molar-refractivity contribution in [3.63, 3.8) is 0 Å². The third-order valence-corrected chi connectivity index (χ3v) is 10.2. The van der Waals surface area contributed by atoms with Gasteiger partial charge in [-0.25, -0.2) is 0 Å². The summed E-state index contributed by atoms with van der Waals surface area (Å²) in [5.41, 5.74) is 3.71. The number of nitrogens with zero attached hydrogens (tertiary/aromatic N) is 8. The molecule has 0 fully saturated rings. The lowest BCUT2D eigenvalue weighted by atomic mass is 9.91. The molecule has 0 atom stereocenters. The maximum atomic E-state index is 12.7. The number of hydrogen-bond donors (Lipinski definition) is 0. The first-order valence-corrected chi connectivity index (χ1v) is 20.9. The molecular formula is C46H60N8O6. The van der Waals surface area contributed by atoms with Crippen LogP contribution < -0.4 is 14.4 Å². The van der Waals surface area contributed by atoms with Crippen molar-refractivity contribution in [2.45, 2.75) is 98.3 Å². The largest absolute Gasteiger partial charge is 0.494 e. The predicted octanol–water partition coefficient (Wildman–Crippen LogP) is 14.6. The highest BCUT2D eigenvalue weighted by Crippen LogP contribution is 2.41. The number of hydrogen-bond acceptors (Lipinski definition) is 13. The second-order valence-corrected chi connectivity index (χ2v) is 15.1. The summed E-state index contributed by atoms with van der Waals surface area (Å²) in [5.74, 6) is 0.705. The normalized spacial score (nSPS) is 11.8. The number of benzene rings is 4. The molecule has 0 saturated heterocycles. The van der Waals surface area contributed by atoms with E-state index >= 15 is 0 Å². The molecule has 14 heteroatoms. The summed E-state index contributed by atoms with van der Waals surface area (Å²) in [6, 6.07) is 24.0. The van der Waals surface area contributed by atoms with Crippen LogP contribution in [0.25, 0.3) is 0 Å². The highest BCUT2D eigenvalue weighted by Gasteiger charge is 2.27. The first-order chi connectivity index (χ1) is 29.1. The van der Waals surface area contributed by atoms with Crippen LogP contribution in [0.1, 0.15) is 98.3 Å². The number of anilines is 1. The quantitative estimate of drug-likeness (QED) is 0.0200. The summed E-state index contributed by atoms with van der Waals surface area (Å²) in [5, 5.41) is 36.9. The van der Waals surface area contributed by atoms with E-state index in [2.05, 4.69) is 42.5 Å². The third-order valence-electron chi connectivity index (χ3n) is 10.2. The van der Waals surface area contributed by atoms with Gasteiger partial charge in [0.2, 0.25) is 0 Å². The highest BCUT2D eigenvalue weighted by atomic mass is 16.6. The number of rotatable bonds is 26. The Bertz CT molecular complexity index is 2020. The number of esters is 1. The van der Waals surface area contributed by atoms with Crippen LogP contribution >= 0.6 is 0 Å².